The summed E-state index contributed by atoms with van der Waals surface area (Å²) >= 11 is 1.17. The number of carbonyl (C=O) groups is 3. The third kappa shape index (κ3) is 4.49. The summed E-state index contributed by atoms with van der Waals surface area (Å²) in [5.41, 5.74) is 3.23. The molecule has 1 aliphatic rings. The number of benzene rings is 1. The molecule has 0 saturated carbocycles. The fourth-order valence-electron chi connectivity index (χ4n) is 3.43. The summed E-state index contributed by atoms with van der Waals surface area (Å²) in [6, 6.07) is 11.0. The number of thioether (sulfide) groups is 1. The largest absolute Gasteiger partial charge is 0.469 e. The number of aromatic nitrogens is 3. The predicted molar refractivity (Wildman–Crippen MR) is 121 cm³/mol. The molecule has 1 aromatic carbocycles. The third-order valence-electron chi connectivity index (χ3n) is 5.54. The van der Waals surface area contributed by atoms with Crippen molar-refractivity contribution in [3.63, 3.8) is 0 Å². The molecule has 0 aliphatic carbocycles. The maximum atomic E-state index is 12.5. The smallest absolute Gasteiger partial charge is 0.344 e. The second-order valence-corrected chi connectivity index (χ2v) is 8.79. The van der Waals surface area contributed by atoms with Crippen LogP contribution in [-0.2, 0) is 16.1 Å². The topological polar surface area (TPSA) is 122 Å². The van der Waals surface area contributed by atoms with Crippen molar-refractivity contribution in [2.75, 3.05) is 5.75 Å². The molecule has 33 heavy (non-hydrogen) atoms. The summed E-state index contributed by atoms with van der Waals surface area (Å²) in [4.78, 5) is 37.2. The summed E-state index contributed by atoms with van der Waals surface area (Å²) in [6.45, 7) is 5.76. The minimum absolute atomic E-state index is 0.0583. The monoisotopic (exact) mass is 468 g/mol. The van der Waals surface area contributed by atoms with Crippen LogP contribution in [0.1, 0.15) is 31.6 Å². The minimum atomic E-state index is -1.02. The molecule has 1 unspecified atom stereocenters. The van der Waals surface area contributed by atoms with E-state index in [-0.39, 0.29) is 5.75 Å². The molecule has 11 heteroatoms. The molecule has 4 amide bonds. The van der Waals surface area contributed by atoms with Crippen molar-refractivity contribution >= 4 is 29.6 Å². The van der Waals surface area contributed by atoms with Gasteiger partial charge in [-0.25, -0.2) is 4.79 Å². The second kappa shape index (κ2) is 9.10. The van der Waals surface area contributed by atoms with Crippen LogP contribution in [0.25, 0.3) is 11.4 Å². The number of hydrazine groups is 1. The van der Waals surface area contributed by atoms with Crippen molar-refractivity contribution in [1.82, 2.24) is 30.5 Å². The Bertz CT molecular complexity index is 1190. The number of rotatable bonds is 8. The molecule has 1 fully saturated rings. The van der Waals surface area contributed by atoms with E-state index in [9.17, 15) is 14.4 Å². The van der Waals surface area contributed by atoms with Crippen LogP contribution in [0.5, 0.6) is 0 Å². The Morgan fingerprint density at radius 2 is 1.97 bits per heavy atom. The van der Waals surface area contributed by atoms with Gasteiger partial charge in [0.2, 0.25) is 5.91 Å². The fourth-order valence-corrected chi connectivity index (χ4v) is 4.16. The Morgan fingerprint density at radius 3 is 2.61 bits per heavy atom. The van der Waals surface area contributed by atoms with E-state index in [1.807, 2.05) is 47.9 Å². The normalized spacial score (nSPS) is 18.0. The molecular formula is C22H24N6O4S. The lowest BCUT2D eigenvalue weighted by Crippen LogP contribution is -2.49. The lowest BCUT2D eigenvalue weighted by molar-refractivity contribution is -0.137. The lowest BCUT2D eigenvalue weighted by atomic mass is 10.00. The van der Waals surface area contributed by atoms with E-state index in [4.69, 9.17) is 4.42 Å². The van der Waals surface area contributed by atoms with Crippen LogP contribution in [0.4, 0.5) is 4.79 Å². The van der Waals surface area contributed by atoms with Gasteiger partial charge in [-0.15, -0.1) is 10.2 Å². The molecule has 3 aromatic rings. The van der Waals surface area contributed by atoms with Crippen LogP contribution in [0.2, 0.25) is 0 Å². The zero-order valence-corrected chi connectivity index (χ0v) is 19.3. The van der Waals surface area contributed by atoms with Gasteiger partial charge in [0.05, 0.1) is 24.1 Å². The van der Waals surface area contributed by atoms with Gasteiger partial charge in [0.15, 0.2) is 11.0 Å². The highest BCUT2D eigenvalue weighted by molar-refractivity contribution is 7.99. The van der Waals surface area contributed by atoms with Crippen LogP contribution >= 0.6 is 11.8 Å². The molecule has 2 N–H and O–H groups in total. The summed E-state index contributed by atoms with van der Waals surface area (Å²) in [6.07, 6.45) is 2.01. The molecule has 1 atom stereocenters. The zero-order chi connectivity index (χ0) is 23.6. The molecule has 0 spiro atoms. The second-order valence-electron chi connectivity index (χ2n) is 7.85. The average molecular weight is 469 g/mol. The number of nitrogens with one attached hydrogen (secondary N) is 2. The van der Waals surface area contributed by atoms with Crippen LogP contribution in [-0.4, -0.2) is 48.9 Å². The van der Waals surface area contributed by atoms with Crippen molar-refractivity contribution in [2.45, 2.75) is 44.4 Å². The Labute approximate surface area is 194 Å². The molecule has 0 bridgehead atoms. The number of urea groups is 1. The number of nitrogens with zero attached hydrogens (tertiary/aromatic N) is 4. The lowest BCUT2D eigenvalue weighted by Gasteiger charge is -2.19. The molecule has 0 radical (unpaired) electrons. The Hall–Kier alpha value is -3.60. The predicted octanol–water partition coefficient (Wildman–Crippen LogP) is 2.74. The summed E-state index contributed by atoms with van der Waals surface area (Å²) < 4.78 is 7.33. The first-order valence-electron chi connectivity index (χ1n) is 10.4. The third-order valence-corrected chi connectivity index (χ3v) is 6.50. The number of aryl methyl sites for hydroxylation is 1. The standard InChI is InChI=1S/C22H24N6O4S/c1-4-22(3)19(30)28(20(31)23-22)26-17(29)13-33-21-25-24-18(16-10-11-32-14(16)2)27(21)12-15-8-6-5-7-9-15/h5-11H,4,12-13H2,1-3H3,(H,23,31)(H,26,29). The van der Waals surface area contributed by atoms with Crippen LogP contribution in [0, 0.1) is 6.92 Å². The fraction of sp³-hybridized carbons (Fsp3) is 0.318. The first-order chi connectivity index (χ1) is 15.8. The van der Waals surface area contributed by atoms with E-state index in [2.05, 4.69) is 20.9 Å². The maximum Gasteiger partial charge on any atom is 0.344 e. The highest BCUT2D eigenvalue weighted by Gasteiger charge is 2.47. The first-order valence-corrected chi connectivity index (χ1v) is 11.4. The van der Waals surface area contributed by atoms with Gasteiger partial charge in [-0.3, -0.25) is 19.6 Å². The molecular weight excluding hydrogens is 444 g/mol. The number of hydrogen-bond donors (Lipinski definition) is 2. The maximum absolute atomic E-state index is 12.5. The highest BCUT2D eigenvalue weighted by Crippen LogP contribution is 2.28. The van der Waals surface area contributed by atoms with Crippen molar-refractivity contribution < 1.29 is 18.8 Å². The number of furan rings is 1. The van der Waals surface area contributed by atoms with E-state index >= 15 is 0 Å². The number of imide groups is 1. The molecule has 2 aromatic heterocycles. The van der Waals surface area contributed by atoms with Gasteiger partial charge in [0, 0.05) is 0 Å². The molecule has 1 aliphatic heterocycles. The molecule has 172 valence electrons. The van der Waals surface area contributed by atoms with E-state index < -0.39 is 23.4 Å². The van der Waals surface area contributed by atoms with Gasteiger partial charge >= 0.3 is 6.03 Å². The van der Waals surface area contributed by atoms with E-state index in [1.165, 1.54) is 11.8 Å². The average Bonchev–Trinajstić information content (AvgIpc) is 3.46. The first kappa shape index (κ1) is 22.6. The van der Waals surface area contributed by atoms with Gasteiger partial charge in [0.1, 0.15) is 11.3 Å². The SMILES string of the molecule is CCC1(C)NC(=O)N(NC(=O)CSc2nnc(-c3ccoc3C)n2Cc2ccccc2)C1=O. The molecule has 1 saturated heterocycles. The minimum Gasteiger partial charge on any atom is -0.469 e. The van der Waals surface area contributed by atoms with Crippen molar-refractivity contribution in [2.24, 2.45) is 0 Å². The van der Waals surface area contributed by atoms with Gasteiger partial charge in [-0.05, 0) is 31.9 Å². The van der Waals surface area contributed by atoms with Crippen LogP contribution in [0.15, 0.2) is 52.2 Å². The van der Waals surface area contributed by atoms with Crippen LogP contribution < -0.4 is 10.7 Å². The van der Waals surface area contributed by atoms with Gasteiger partial charge < -0.3 is 9.73 Å². The van der Waals surface area contributed by atoms with Crippen molar-refractivity contribution in [3.8, 4) is 11.4 Å². The summed E-state index contributed by atoms with van der Waals surface area (Å²) in [5, 5.41) is 12.5. The van der Waals surface area contributed by atoms with Gasteiger partial charge in [-0.1, -0.05) is 49.0 Å². The van der Waals surface area contributed by atoms with Gasteiger partial charge in [0.25, 0.3) is 5.91 Å². The Kier molecular flexibility index (Phi) is 6.23. The highest BCUT2D eigenvalue weighted by atomic mass is 32.2. The van der Waals surface area contributed by atoms with E-state index in [0.29, 0.717) is 29.7 Å². The van der Waals surface area contributed by atoms with Crippen molar-refractivity contribution in [1.29, 1.82) is 0 Å². The van der Waals surface area contributed by atoms with Gasteiger partial charge in [-0.2, -0.15) is 5.01 Å². The van der Waals surface area contributed by atoms with E-state index in [1.54, 1.807) is 20.1 Å². The van der Waals surface area contributed by atoms with E-state index in [0.717, 1.165) is 16.1 Å². The zero-order valence-electron chi connectivity index (χ0n) is 18.5. The van der Waals surface area contributed by atoms with Crippen LogP contribution in [0.3, 0.4) is 0 Å². The quantitative estimate of drug-likeness (QED) is 0.385. The molecule has 10 nitrogen and oxygen atoms in total. The summed E-state index contributed by atoms with van der Waals surface area (Å²) in [7, 11) is 0. The van der Waals surface area contributed by atoms with Crippen molar-refractivity contribution in [3.05, 3.63) is 54.0 Å². The Balaban J connectivity index is 1.50. The number of carbonyl (C=O) groups excluding carboxylic acids is 3. The molecule has 3 heterocycles. The molecule has 4 rings (SSSR count). The number of hydrogen-bond acceptors (Lipinski definition) is 7. The summed E-state index contributed by atoms with van der Waals surface area (Å²) in [5.74, 6) is 0.291. The number of amides is 4. The Morgan fingerprint density at radius 1 is 1.21 bits per heavy atom.